The van der Waals surface area contributed by atoms with E-state index in [9.17, 15) is 4.79 Å². The zero-order chi connectivity index (χ0) is 15.4. The number of aromatic nitrogens is 1. The van der Waals surface area contributed by atoms with E-state index in [0.717, 1.165) is 16.6 Å². The van der Waals surface area contributed by atoms with Crippen LogP contribution in [-0.4, -0.2) is 11.0 Å². The standard InChI is InChI=1S/C19H19NO2/c1-14-6-8-15(9-7-14)13-22-19(21)11-10-16-12-20-18-5-3-2-4-17(16)18/h2-9,12,20H,10-11,13H2,1H3. The van der Waals surface area contributed by atoms with Gasteiger partial charge in [0, 0.05) is 23.5 Å². The second kappa shape index (κ2) is 6.48. The molecule has 0 atom stereocenters. The second-order valence-corrected chi connectivity index (χ2v) is 5.51. The molecule has 0 saturated carbocycles. The molecule has 1 heterocycles. The van der Waals surface area contributed by atoms with E-state index in [0.29, 0.717) is 19.4 Å². The lowest BCUT2D eigenvalue weighted by molar-refractivity contribution is -0.144. The lowest BCUT2D eigenvalue weighted by Gasteiger charge is -2.05. The first-order valence-corrected chi connectivity index (χ1v) is 7.48. The Morgan fingerprint density at radius 2 is 1.86 bits per heavy atom. The fourth-order valence-electron chi connectivity index (χ4n) is 2.50. The number of carbonyl (C=O) groups excluding carboxylic acids is 1. The van der Waals surface area contributed by atoms with Gasteiger partial charge in [0.2, 0.25) is 0 Å². The number of aryl methyl sites for hydroxylation is 2. The highest BCUT2D eigenvalue weighted by Crippen LogP contribution is 2.19. The molecule has 0 aliphatic carbocycles. The van der Waals surface area contributed by atoms with E-state index in [1.807, 2.05) is 55.6 Å². The van der Waals surface area contributed by atoms with E-state index < -0.39 is 0 Å². The minimum Gasteiger partial charge on any atom is -0.461 e. The summed E-state index contributed by atoms with van der Waals surface area (Å²) in [5, 5.41) is 1.17. The highest BCUT2D eigenvalue weighted by atomic mass is 16.5. The van der Waals surface area contributed by atoms with Gasteiger partial charge in [-0.2, -0.15) is 0 Å². The maximum absolute atomic E-state index is 11.9. The minimum atomic E-state index is -0.161. The van der Waals surface area contributed by atoms with Crippen LogP contribution in [0.2, 0.25) is 0 Å². The molecule has 0 saturated heterocycles. The van der Waals surface area contributed by atoms with Crippen LogP contribution in [0, 0.1) is 6.92 Å². The number of hydrogen-bond donors (Lipinski definition) is 1. The summed E-state index contributed by atoms with van der Waals surface area (Å²) in [7, 11) is 0. The van der Waals surface area contributed by atoms with Gasteiger partial charge in [0.15, 0.2) is 0 Å². The predicted molar refractivity (Wildman–Crippen MR) is 87.6 cm³/mol. The number of carbonyl (C=O) groups is 1. The van der Waals surface area contributed by atoms with Crippen LogP contribution in [0.1, 0.15) is 23.1 Å². The van der Waals surface area contributed by atoms with Gasteiger partial charge in [-0.25, -0.2) is 0 Å². The molecule has 3 rings (SSSR count). The number of ether oxygens (including phenoxy) is 1. The summed E-state index contributed by atoms with van der Waals surface area (Å²) in [5.41, 5.74) is 4.48. The Hall–Kier alpha value is -2.55. The van der Waals surface area contributed by atoms with Gasteiger partial charge < -0.3 is 9.72 Å². The Bertz CT molecular complexity index is 771. The number of esters is 1. The highest BCUT2D eigenvalue weighted by molar-refractivity contribution is 5.83. The molecule has 2 aromatic carbocycles. The summed E-state index contributed by atoms with van der Waals surface area (Å²) in [5.74, 6) is -0.161. The van der Waals surface area contributed by atoms with E-state index in [-0.39, 0.29) is 5.97 Å². The third-order valence-electron chi connectivity index (χ3n) is 3.79. The lowest BCUT2D eigenvalue weighted by Crippen LogP contribution is -2.05. The minimum absolute atomic E-state index is 0.161. The van der Waals surface area contributed by atoms with Crippen molar-refractivity contribution in [3.8, 4) is 0 Å². The molecule has 3 aromatic rings. The van der Waals surface area contributed by atoms with Crippen molar-refractivity contribution >= 4 is 16.9 Å². The van der Waals surface area contributed by atoms with Gasteiger partial charge in [-0.05, 0) is 30.5 Å². The van der Waals surface area contributed by atoms with Crippen LogP contribution in [0.4, 0.5) is 0 Å². The Balaban J connectivity index is 1.53. The molecular formula is C19H19NO2. The van der Waals surface area contributed by atoms with E-state index in [2.05, 4.69) is 11.1 Å². The normalized spacial score (nSPS) is 10.8. The molecule has 0 radical (unpaired) electrons. The van der Waals surface area contributed by atoms with E-state index in [1.165, 1.54) is 10.9 Å². The van der Waals surface area contributed by atoms with E-state index >= 15 is 0 Å². The first-order chi connectivity index (χ1) is 10.7. The summed E-state index contributed by atoms with van der Waals surface area (Å²) in [4.78, 5) is 15.1. The summed E-state index contributed by atoms with van der Waals surface area (Å²) >= 11 is 0. The predicted octanol–water partition coefficient (Wildman–Crippen LogP) is 4.15. The Labute approximate surface area is 129 Å². The molecule has 0 unspecified atom stereocenters. The topological polar surface area (TPSA) is 42.1 Å². The lowest BCUT2D eigenvalue weighted by atomic mass is 10.1. The van der Waals surface area contributed by atoms with Crippen molar-refractivity contribution in [2.45, 2.75) is 26.4 Å². The van der Waals surface area contributed by atoms with Crippen LogP contribution in [0.3, 0.4) is 0 Å². The second-order valence-electron chi connectivity index (χ2n) is 5.51. The molecule has 0 amide bonds. The van der Waals surface area contributed by atoms with Gasteiger partial charge in [0.25, 0.3) is 0 Å². The van der Waals surface area contributed by atoms with Gasteiger partial charge in [0.05, 0.1) is 0 Å². The quantitative estimate of drug-likeness (QED) is 0.718. The maximum Gasteiger partial charge on any atom is 0.306 e. The summed E-state index contributed by atoms with van der Waals surface area (Å²) in [6, 6.07) is 16.1. The first-order valence-electron chi connectivity index (χ1n) is 7.48. The Morgan fingerprint density at radius 1 is 1.09 bits per heavy atom. The number of benzene rings is 2. The molecule has 3 heteroatoms. The molecular weight excluding hydrogens is 274 g/mol. The summed E-state index contributed by atoms with van der Waals surface area (Å²) < 4.78 is 5.33. The zero-order valence-corrected chi connectivity index (χ0v) is 12.6. The molecule has 0 aliphatic heterocycles. The van der Waals surface area contributed by atoms with Gasteiger partial charge in [-0.1, -0.05) is 48.0 Å². The third-order valence-corrected chi connectivity index (χ3v) is 3.79. The molecule has 3 nitrogen and oxygen atoms in total. The number of aromatic amines is 1. The van der Waals surface area contributed by atoms with Crippen molar-refractivity contribution < 1.29 is 9.53 Å². The van der Waals surface area contributed by atoms with Gasteiger partial charge >= 0.3 is 5.97 Å². The average Bonchev–Trinajstić information content (AvgIpc) is 2.96. The van der Waals surface area contributed by atoms with E-state index in [4.69, 9.17) is 4.74 Å². The first kappa shape index (κ1) is 14.4. The van der Waals surface area contributed by atoms with Crippen molar-refractivity contribution in [2.24, 2.45) is 0 Å². The van der Waals surface area contributed by atoms with Crippen molar-refractivity contribution in [3.63, 3.8) is 0 Å². The largest absolute Gasteiger partial charge is 0.461 e. The summed E-state index contributed by atoms with van der Waals surface area (Å²) in [6.07, 6.45) is 3.06. The molecule has 0 bridgehead atoms. The number of para-hydroxylation sites is 1. The summed E-state index contributed by atoms with van der Waals surface area (Å²) in [6.45, 7) is 2.38. The molecule has 0 aliphatic rings. The third kappa shape index (κ3) is 3.37. The molecule has 0 fully saturated rings. The maximum atomic E-state index is 11.9. The van der Waals surface area contributed by atoms with Gasteiger partial charge in [-0.3, -0.25) is 4.79 Å². The highest BCUT2D eigenvalue weighted by Gasteiger charge is 2.08. The van der Waals surface area contributed by atoms with Crippen LogP contribution in [0.5, 0.6) is 0 Å². The number of fused-ring (bicyclic) bond motifs is 1. The molecule has 1 N–H and O–H groups in total. The van der Waals surface area contributed by atoms with Crippen molar-refractivity contribution in [1.29, 1.82) is 0 Å². The van der Waals surface area contributed by atoms with Crippen LogP contribution in [-0.2, 0) is 22.6 Å². The molecule has 1 aromatic heterocycles. The van der Waals surface area contributed by atoms with Crippen molar-refractivity contribution in [1.82, 2.24) is 4.98 Å². The fourth-order valence-corrected chi connectivity index (χ4v) is 2.50. The van der Waals surface area contributed by atoms with Crippen LogP contribution in [0.25, 0.3) is 10.9 Å². The van der Waals surface area contributed by atoms with Crippen LogP contribution < -0.4 is 0 Å². The Kier molecular flexibility index (Phi) is 4.24. The fraction of sp³-hybridized carbons (Fsp3) is 0.211. The monoisotopic (exact) mass is 293 g/mol. The average molecular weight is 293 g/mol. The van der Waals surface area contributed by atoms with Gasteiger partial charge in [-0.15, -0.1) is 0 Å². The van der Waals surface area contributed by atoms with Crippen molar-refractivity contribution in [3.05, 3.63) is 71.4 Å². The SMILES string of the molecule is Cc1ccc(COC(=O)CCc2c[nH]c3ccccc23)cc1. The smallest absolute Gasteiger partial charge is 0.306 e. The van der Waals surface area contributed by atoms with E-state index in [1.54, 1.807) is 0 Å². The number of H-pyrrole nitrogens is 1. The molecule has 112 valence electrons. The van der Waals surface area contributed by atoms with Crippen molar-refractivity contribution in [2.75, 3.05) is 0 Å². The van der Waals surface area contributed by atoms with Crippen LogP contribution in [0.15, 0.2) is 54.7 Å². The molecule has 22 heavy (non-hydrogen) atoms. The molecule has 0 spiro atoms. The van der Waals surface area contributed by atoms with Gasteiger partial charge in [0.1, 0.15) is 6.61 Å². The number of hydrogen-bond acceptors (Lipinski definition) is 2. The zero-order valence-electron chi connectivity index (χ0n) is 12.6. The number of nitrogens with one attached hydrogen (secondary N) is 1. The van der Waals surface area contributed by atoms with Crippen LogP contribution >= 0.6 is 0 Å². The Morgan fingerprint density at radius 3 is 2.68 bits per heavy atom. The number of rotatable bonds is 5.